The first-order chi connectivity index (χ1) is 2.89. The summed E-state index contributed by atoms with van der Waals surface area (Å²) >= 11 is 1.32. The third-order valence-corrected chi connectivity index (χ3v) is 0.915. The molecular formula is C3H3N2S. The SMILES string of the molecule is C=C1N=[C]SN1. The Labute approximate surface area is 40.5 Å². The first kappa shape index (κ1) is 3.74. The zero-order chi connectivity index (χ0) is 4.41. The summed E-state index contributed by atoms with van der Waals surface area (Å²) in [6.45, 7) is 3.49. The molecule has 0 aromatic carbocycles. The van der Waals surface area contributed by atoms with Crippen LogP contribution in [0.2, 0.25) is 0 Å². The number of aliphatic imine (C=N–C) groups is 1. The maximum atomic E-state index is 3.64. The molecule has 0 amide bonds. The first-order valence-electron chi connectivity index (χ1n) is 1.46. The number of nitrogens with zero attached hydrogens (tertiary/aromatic N) is 1. The topological polar surface area (TPSA) is 24.4 Å². The second kappa shape index (κ2) is 1.34. The van der Waals surface area contributed by atoms with Crippen LogP contribution in [0.25, 0.3) is 0 Å². The zero-order valence-corrected chi connectivity index (χ0v) is 3.88. The third-order valence-electron chi connectivity index (χ3n) is 0.395. The summed E-state index contributed by atoms with van der Waals surface area (Å²) in [4.78, 5) is 3.64. The highest BCUT2D eigenvalue weighted by Crippen LogP contribution is 2.02. The summed E-state index contributed by atoms with van der Waals surface area (Å²) in [7, 11) is 0. The molecule has 1 heterocycles. The number of hydrogen-bond donors (Lipinski definition) is 1. The molecule has 6 heavy (non-hydrogen) atoms. The average Bonchev–Trinajstić information content (AvgIpc) is 1.86. The minimum atomic E-state index is 0.681. The number of rotatable bonds is 0. The van der Waals surface area contributed by atoms with Crippen molar-refractivity contribution in [1.82, 2.24) is 4.72 Å². The van der Waals surface area contributed by atoms with E-state index in [2.05, 4.69) is 21.8 Å². The van der Waals surface area contributed by atoms with Crippen LogP contribution in [0.15, 0.2) is 17.4 Å². The van der Waals surface area contributed by atoms with Crippen molar-refractivity contribution in [3.05, 3.63) is 12.4 Å². The van der Waals surface area contributed by atoms with Gasteiger partial charge in [-0.15, -0.1) is 0 Å². The Morgan fingerprint density at radius 2 is 2.83 bits per heavy atom. The van der Waals surface area contributed by atoms with Gasteiger partial charge in [-0.2, -0.15) is 0 Å². The Kier molecular flexibility index (Phi) is 0.837. The van der Waals surface area contributed by atoms with E-state index in [0.717, 1.165) is 0 Å². The summed E-state index contributed by atoms with van der Waals surface area (Å²) in [5.41, 5.74) is 2.60. The molecule has 1 rings (SSSR count). The van der Waals surface area contributed by atoms with Crippen molar-refractivity contribution in [1.29, 1.82) is 0 Å². The lowest BCUT2D eigenvalue weighted by molar-refractivity contribution is 1.20. The average molecular weight is 99.1 g/mol. The van der Waals surface area contributed by atoms with Gasteiger partial charge in [0, 0.05) is 11.9 Å². The monoisotopic (exact) mass is 99.0 g/mol. The molecule has 0 atom stereocenters. The van der Waals surface area contributed by atoms with Crippen LogP contribution in [-0.2, 0) is 0 Å². The molecule has 0 unspecified atom stereocenters. The Hall–Kier alpha value is -0.440. The van der Waals surface area contributed by atoms with Crippen LogP contribution in [0.5, 0.6) is 0 Å². The fraction of sp³-hybridized carbons (Fsp3) is 0. The van der Waals surface area contributed by atoms with Gasteiger partial charge in [-0.1, -0.05) is 6.58 Å². The Bertz CT molecular complexity index is 97.0. The van der Waals surface area contributed by atoms with Crippen LogP contribution in [0.4, 0.5) is 0 Å². The maximum absolute atomic E-state index is 3.64. The fourth-order valence-electron chi connectivity index (χ4n) is 0.182. The van der Waals surface area contributed by atoms with E-state index in [9.17, 15) is 0 Å². The van der Waals surface area contributed by atoms with E-state index in [1.165, 1.54) is 11.9 Å². The van der Waals surface area contributed by atoms with Crippen molar-refractivity contribution in [2.24, 2.45) is 4.99 Å². The second-order valence-electron chi connectivity index (χ2n) is 0.854. The van der Waals surface area contributed by atoms with E-state index < -0.39 is 0 Å². The highest BCUT2D eigenvalue weighted by molar-refractivity contribution is 8.10. The summed E-state index contributed by atoms with van der Waals surface area (Å²) in [5.74, 6) is 0.681. The molecule has 0 saturated heterocycles. The molecule has 0 aliphatic carbocycles. The summed E-state index contributed by atoms with van der Waals surface area (Å²) in [6.07, 6.45) is 0. The van der Waals surface area contributed by atoms with E-state index in [4.69, 9.17) is 0 Å². The Balaban J connectivity index is 2.59. The molecule has 0 spiro atoms. The van der Waals surface area contributed by atoms with Gasteiger partial charge in [-0.05, 0) is 0 Å². The van der Waals surface area contributed by atoms with E-state index in [1.54, 1.807) is 0 Å². The van der Waals surface area contributed by atoms with E-state index in [1.807, 2.05) is 0 Å². The van der Waals surface area contributed by atoms with Gasteiger partial charge in [-0.25, -0.2) is 4.99 Å². The highest BCUT2D eigenvalue weighted by atomic mass is 32.2. The maximum Gasteiger partial charge on any atom is 0.153 e. The van der Waals surface area contributed by atoms with Crippen LogP contribution in [0, 0.1) is 0 Å². The molecule has 0 fully saturated rings. The van der Waals surface area contributed by atoms with Gasteiger partial charge in [0.15, 0.2) is 5.55 Å². The van der Waals surface area contributed by atoms with E-state index >= 15 is 0 Å². The number of nitrogens with one attached hydrogen (secondary N) is 1. The van der Waals surface area contributed by atoms with Crippen molar-refractivity contribution in [3.63, 3.8) is 0 Å². The largest absolute Gasteiger partial charge is 0.309 e. The lowest BCUT2D eigenvalue weighted by Crippen LogP contribution is -1.89. The molecule has 31 valence electrons. The summed E-state index contributed by atoms with van der Waals surface area (Å²) < 4.78 is 2.76. The molecule has 0 aromatic rings. The standard InChI is InChI=1S/C3H3N2S/c1-3-4-2-6-5-3/h5H,1H2. The van der Waals surface area contributed by atoms with Gasteiger partial charge in [0.1, 0.15) is 5.82 Å². The minimum absolute atomic E-state index is 0.681. The Morgan fingerprint density at radius 3 is 3.00 bits per heavy atom. The molecule has 2 nitrogen and oxygen atoms in total. The molecule has 3 heteroatoms. The van der Waals surface area contributed by atoms with E-state index in [0.29, 0.717) is 5.82 Å². The predicted molar refractivity (Wildman–Crippen MR) is 27.3 cm³/mol. The molecule has 0 bridgehead atoms. The van der Waals surface area contributed by atoms with Gasteiger partial charge >= 0.3 is 0 Å². The van der Waals surface area contributed by atoms with E-state index in [-0.39, 0.29) is 0 Å². The summed E-state index contributed by atoms with van der Waals surface area (Å²) in [5, 5.41) is 0. The third kappa shape index (κ3) is 0.542. The Morgan fingerprint density at radius 1 is 2.00 bits per heavy atom. The fourth-order valence-corrected chi connectivity index (χ4v) is 0.547. The van der Waals surface area contributed by atoms with Gasteiger partial charge in [0.05, 0.1) is 0 Å². The van der Waals surface area contributed by atoms with Crippen molar-refractivity contribution in [2.75, 3.05) is 0 Å². The lowest BCUT2D eigenvalue weighted by Gasteiger charge is -1.82. The summed E-state index contributed by atoms with van der Waals surface area (Å²) in [6, 6.07) is 0. The normalized spacial score (nSPS) is 18.3. The lowest BCUT2D eigenvalue weighted by atomic mass is 10.9. The molecular weight excluding hydrogens is 96.1 g/mol. The van der Waals surface area contributed by atoms with Crippen LogP contribution in [-0.4, -0.2) is 5.55 Å². The van der Waals surface area contributed by atoms with Crippen molar-refractivity contribution in [3.8, 4) is 0 Å². The molecule has 1 radical (unpaired) electrons. The molecule has 0 aromatic heterocycles. The quantitative estimate of drug-likeness (QED) is 0.450. The smallest absolute Gasteiger partial charge is 0.153 e. The zero-order valence-electron chi connectivity index (χ0n) is 3.06. The highest BCUT2D eigenvalue weighted by Gasteiger charge is 1.92. The van der Waals surface area contributed by atoms with Gasteiger partial charge < -0.3 is 4.72 Å². The van der Waals surface area contributed by atoms with Crippen LogP contribution < -0.4 is 4.72 Å². The molecule has 1 aliphatic heterocycles. The van der Waals surface area contributed by atoms with Gasteiger partial charge in [0.2, 0.25) is 0 Å². The van der Waals surface area contributed by atoms with Crippen LogP contribution >= 0.6 is 11.9 Å². The first-order valence-corrected chi connectivity index (χ1v) is 2.28. The molecule has 1 N–H and O–H groups in total. The van der Waals surface area contributed by atoms with Crippen LogP contribution in [0.1, 0.15) is 0 Å². The molecule has 0 saturated carbocycles. The second-order valence-corrected chi connectivity index (χ2v) is 1.44. The van der Waals surface area contributed by atoms with Gasteiger partial charge in [-0.3, -0.25) is 0 Å². The van der Waals surface area contributed by atoms with Gasteiger partial charge in [0.25, 0.3) is 0 Å². The molecule has 1 aliphatic rings. The van der Waals surface area contributed by atoms with Crippen molar-refractivity contribution < 1.29 is 0 Å². The number of hydrogen-bond acceptors (Lipinski definition) is 3. The van der Waals surface area contributed by atoms with Crippen LogP contribution in [0.3, 0.4) is 0 Å². The van der Waals surface area contributed by atoms with Crippen molar-refractivity contribution in [2.45, 2.75) is 0 Å². The van der Waals surface area contributed by atoms with Crippen molar-refractivity contribution >= 4 is 17.5 Å². The predicted octanol–water partition coefficient (Wildman–Crippen LogP) is 0.614. The minimum Gasteiger partial charge on any atom is -0.309 e.